The highest BCUT2D eigenvalue weighted by Gasteiger charge is 2.09. The molecule has 0 fully saturated rings. The Labute approximate surface area is 120 Å². The topological polar surface area (TPSA) is 34.0 Å². The van der Waals surface area contributed by atoms with E-state index in [4.69, 9.17) is 0 Å². The molecule has 4 heteroatoms. The predicted molar refractivity (Wildman–Crippen MR) is 85.1 cm³/mol. The van der Waals surface area contributed by atoms with Crippen molar-refractivity contribution < 1.29 is 4.79 Å². The summed E-state index contributed by atoms with van der Waals surface area (Å²) in [6.07, 6.45) is 1.93. The molecule has 0 atom stereocenters. The molecule has 0 bridgehead atoms. The van der Waals surface area contributed by atoms with Gasteiger partial charge in [0.25, 0.3) is 0 Å². The number of aromatic nitrogens is 1. The molecule has 1 aromatic heterocycles. The van der Waals surface area contributed by atoms with Crippen LogP contribution in [-0.2, 0) is 7.05 Å². The van der Waals surface area contributed by atoms with Crippen LogP contribution in [0.3, 0.4) is 0 Å². The number of hydrogen-bond acceptors (Lipinski definition) is 2. The number of nitrogens with one attached hydrogen (secondary N) is 1. The Morgan fingerprint density at radius 1 is 1.16 bits per heavy atom. The summed E-state index contributed by atoms with van der Waals surface area (Å²) in [4.78, 5) is 11.2. The van der Waals surface area contributed by atoms with Crippen molar-refractivity contribution >= 4 is 23.4 Å². The third-order valence-electron chi connectivity index (χ3n) is 2.73. The quantitative estimate of drug-likeness (QED) is 0.835. The molecular weight excluding hydrogens is 256 g/mol. The fourth-order valence-electron chi connectivity index (χ4n) is 1.76. The van der Waals surface area contributed by atoms with Gasteiger partial charge in [0.2, 0.25) is 5.12 Å². The Morgan fingerprint density at radius 2 is 1.74 bits per heavy atom. The van der Waals surface area contributed by atoms with Gasteiger partial charge in [-0.05, 0) is 23.8 Å². The zero-order valence-electron chi connectivity index (χ0n) is 11.8. The van der Waals surface area contributed by atoms with Crippen LogP contribution in [0.15, 0.2) is 36.5 Å². The van der Waals surface area contributed by atoms with Gasteiger partial charge < -0.3 is 9.88 Å². The second kappa shape index (κ2) is 7.04. The van der Waals surface area contributed by atoms with Gasteiger partial charge in [0.1, 0.15) is 0 Å². The van der Waals surface area contributed by atoms with Gasteiger partial charge in [-0.2, -0.15) is 0 Å². The minimum Gasteiger partial charge on any atom is -0.388 e. The van der Waals surface area contributed by atoms with Crippen LogP contribution in [0, 0.1) is 0 Å². The molecule has 102 valence electrons. The first kappa shape index (κ1) is 15.4. The van der Waals surface area contributed by atoms with E-state index in [1.165, 1.54) is 0 Å². The molecule has 19 heavy (non-hydrogen) atoms. The standard InChI is InChI=1S/C13H14N2OS.C2H6/c1-14-11-5-3-9(4-6-11)10-7-12(13(16)17)15(2)8-10;1-2/h3-8,14H,1-2H3,(H,16,17);1-2H3. The number of thiol groups is 1. The fraction of sp³-hybridized carbons (Fsp3) is 0.267. The molecule has 2 aromatic rings. The van der Waals surface area contributed by atoms with E-state index in [0.29, 0.717) is 5.69 Å². The molecule has 0 unspecified atom stereocenters. The number of anilines is 1. The van der Waals surface area contributed by atoms with Crippen LogP contribution in [0.1, 0.15) is 24.3 Å². The summed E-state index contributed by atoms with van der Waals surface area (Å²) in [5.41, 5.74) is 3.77. The van der Waals surface area contributed by atoms with Gasteiger partial charge in [-0.3, -0.25) is 4.79 Å². The van der Waals surface area contributed by atoms with Crippen LogP contribution in [0.5, 0.6) is 0 Å². The number of nitrogens with zero attached hydrogens (tertiary/aromatic N) is 1. The largest absolute Gasteiger partial charge is 0.388 e. The van der Waals surface area contributed by atoms with E-state index >= 15 is 0 Å². The summed E-state index contributed by atoms with van der Waals surface area (Å²) in [7, 11) is 3.73. The molecular formula is C15H20N2OS. The summed E-state index contributed by atoms with van der Waals surface area (Å²) in [6, 6.07) is 9.90. The molecule has 1 N–H and O–H groups in total. The SMILES string of the molecule is CC.CNc1ccc(-c2cc(C(=O)S)n(C)c2)cc1. The number of rotatable bonds is 3. The third-order valence-corrected chi connectivity index (χ3v) is 2.96. The Kier molecular flexibility index (Phi) is 5.70. The molecule has 2 rings (SSSR count). The third kappa shape index (κ3) is 3.64. The molecule has 1 aromatic carbocycles. The minimum absolute atomic E-state index is 0.217. The number of carbonyl (C=O) groups excluding carboxylic acids is 1. The van der Waals surface area contributed by atoms with Gasteiger partial charge >= 0.3 is 0 Å². The van der Waals surface area contributed by atoms with E-state index in [-0.39, 0.29) is 5.12 Å². The fourth-order valence-corrected chi connectivity index (χ4v) is 1.99. The molecule has 0 aliphatic carbocycles. The van der Waals surface area contributed by atoms with Crippen molar-refractivity contribution in [2.75, 3.05) is 12.4 Å². The van der Waals surface area contributed by atoms with Crippen LogP contribution >= 0.6 is 12.6 Å². The maximum Gasteiger partial charge on any atom is 0.232 e. The van der Waals surface area contributed by atoms with E-state index in [9.17, 15) is 4.79 Å². The van der Waals surface area contributed by atoms with Crippen LogP contribution in [-0.4, -0.2) is 16.7 Å². The summed E-state index contributed by atoms with van der Waals surface area (Å²) >= 11 is 3.84. The highest BCUT2D eigenvalue weighted by Crippen LogP contribution is 2.23. The van der Waals surface area contributed by atoms with E-state index in [1.54, 1.807) is 4.57 Å². The number of hydrogen-bond donors (Lipinski definition) is 2. The molecule has 0 aliphatic heterocycles. The van der Waals surface area contributed by atoms with Crippen molar-refractivity contribution in [3.05, 3.63) is 42.2 Å². The highest BCUT2D eigenvalue weighted by molar-refractivity contribution is 7.97. The lowest BCUT2D eigenvalue weighted by atomic mass is 10.1. The Balaban J connectivity index is 0.000000861. The average molecular weight is 276 g/mol. The van der Waals surface area contributed by atoms with Crippen molar-refractivity contribution in [1.82, 2.24) is 4.57 Å². The first-order valence-electron chi connectivity index (χ1n) is 6.29. The molecule has 1 heterocycles. The predicted octanol–water partition coefficient (Wildman–Crippen LogP) is 3.83. The van der Waals surface area contributed by atoms with E-state index in [2.05, 4.69) is 17.9 Å². The van der Waals surface area contributed by atoms with Crippen molar-refractivity contribution in [3.8, 4) is 11.1 Å². The average Bonchev–Trinajstić information content (AvgIpc) is 2.83. The van der Waals surface area contributed by atoms with Crippen molar-refractivity contribution in [1.29, 1.82) is 0 Å². The Hall–Kier alpha value is -1.68. The first-order chi connectivity index (χ1) is 9.11. The molecule has 0 spiro atoms. The minimum atomic E-state index is -0.217. The molecule has 0 saturated carbocycles. The van der Waals surface area contributed by atoms with Crippen LogP contribution in [0.2, 0.25) is 0 Å². The second-order valence-corrected chi connectivity index (χ2v) is 4.26. The zero-order chi connectivity index (χ0) is 14.4. The van der Waals surface area contributed by atoms with Crippen molar-refractivity contribution in [2.45, 2.75) is 13.8 Å². The van der Waals surface area contributed by atoms with Crippen LogP contribution in [0.25, 0.3) is 11.1 Å². The first-order valence-corrected chi connectivity index (χ1v) is 6.74. The lowest BCUT2D eigenvalue weighted by molar-refractivity contribution is 0.108. The van der Waals surface area contributed by atoms with Gasteiger partial charge in [-0.1, -0.05) is 38.6 Å². The number of aryl methyl sites for hydroxylation is 1. The molecule has 0 radical (unpaired) electrons. The van der Waals surface area contributed by atoms with E-state index in [1.807, 2.05) is 64.5 Å². The summed E-state index contributed by atoms with van der Waals surface area (Å²) in [6.45, 7) is 4.00. The van der Waals surface area contributed by atoms with E-state index in [0.717, 1.165) is 16.8 Å². The highest BCUT2D eigenvalue weighted by atomic mass is 32.1. The van der Waals surface area contributed by atoms with Gasteiger partial charge in [-0.25, -0.2) is 0 Å². The van der Waals surface area contributed by atoms with Crippen molar-refractivity contribution in [3.63, 3.8) is 0 Å². The summed E-state index contributed by atoms with van der Waals surface area (Å²) < 4.78 is 1.79. The molecule has 3 nitrogen and oxygen atoms in total. The second-order valence-electron chi connectivity index (χ2n) is 3.86. The van der Waals surface area contributed by atoms with Gasteiger partial charge in [0.15, 0.2) is 0 Å². The van der Waals surface area contributed by atoms with Gasteiger partial charge in [0.05, 0.1) is 5.69 Å². The Morgan fingerprint density at radius 3 is 2.16 bits per heavy atom. The monoisotopic (exact) mass is 276 g/mol. The number of carbonyl (C=O) groups is 1. The maximum atomic E-state index is 11.2. The van der Waals surface area contributed by atoms with Crippen LogP contribution in [0.4, 0.5) is 5.69 Å². The Bertz CT molecular complexity index is 544. The normalized spacial score (nSPS) is 9.53. The number of benzene rings is 1. The molecule has 0 saturated heterocycles. The maximum absolute atomic E-state index is 11.2. The summed E-state index contributed by atoms with van der Waals surface area (Å²) in [5.74, 6) is 0. The lowest BCUT2D eigenvalue weighted by Gasteiger charge is -2.01. The van der Waals surface area contributed by atoms with Gasteiger partial charge in [-0.15, -0.1) is 0 Å². The smallest absolute Gasteiger partial charge is 0.232 e. The zero-order valence-corrected chi connectivity index (χ0v) is 12.7. The van der Waals surface area contributed by atoms with E-state index < -0.39 is 0 Å². The molecule has 0 amide bonds. The van der Waals surface area contributed by atoms with Crippen molar-refractivity contribution in [2.24, 2.45) is 7.05 Å². The summed E-state index contributed by atoms with van der Waals surface area (Å²) in [5, 5.41) is 2.85. The molecule has 0 aliphatic rings. The lowest BCUT2D eigenvalue weighted by Crippen LogP contribution is -1.97. The van der Waals surface area contributed by atoms with Crippen LogP contribution < -0.4 is 5.32 Å². The van der Waals surface area contributed by atoms with Gasteiger partial charge in [0, 0.05) is 31.5 Å².